The van der Waals surface area contributed by atoms with Crippen LogP contribution in [0.25, 0.3) is 0 Å². The van der Waals surface area contributed by atoms with Crippen LogP contribution >= 0.6 is 0 Å². The Balaban J connectivity index is 1.77. The van der Waals surface area contributed by atoms with Gasteiger partial charge in [-0.15, -0.1) is 0 Å². The Morgan fingerprint density at radius 1 is 1.23 bits per heavy atom. The van der Waals surface area contributed by atoms with Gasteiger partial charge >= 0.3 is 0 Å². The van der Waals surface area contributed by atoms with Gasteiger partial charge in [-0.1, -0.05) is 12.2 Å². The second kappa shape index (κ2) is 2.84. The molecule has 13 heavy (non-hydrogen) atoms. The van der Waals surface area contributed by atoms with Gasteiger partial charge in [0.05, 0.1) is 0 Å². The number of allylic oxidation sites excluding steroid dienone is 2. The first-order valence-corrected chi connectivity index (χ1v) is 5.67. The van der Waals surface area contributed by atoms with E-state index in [1.165, 1.54) is 19.3 Å². The van der Waals surface area contributed by atoms with Crippen molar-refractivity contribution in [2.24, 2.45) is 29.6 Å². The van der Waals surface area contributed by atoms with Crippen molar-refractivity contribution in [3.05, 3.63) is 12.2 Å². The molecule has 0 aromatic heterocycles. The molecule has 2 saturated carbocycles. The Morgan fingerprint density at radius 2 is 2.15 bits per heavy atom. The van der Waals surface area contributed by atoms with Crippen molar-refractivity contribution in [1.29, 1.82) is 0 Å². The van der Waals surface area contributed by atoms with E-state index in [1.807, 2.05) is 0 Å². The van der Waals surface area contributed by atoms with Crippen LogP contribution in [0.5, 0.6) is 0 Å². The average Bonchev–Trinajstić information content (AvgIpc) is 2.72. The van der Waals surface area contributed by atoms with E-state index in [2.05, 4.69) is 12.2 Å². The lowest BCUT2D eigenvalue weighted by Crippen LogP contribution is -2.24. The Labute approximate surface area is 79.8 Å². The van der Waals surface area contributed by atoms with E-state index < -0.39 is 0 Å². The van der Waals surface area contributed by atoms with Gasteiger partial charge in [-0.3, -0.25) is 0 Å². The van der Waals surface area contributed by atoms with E-state index in [-0.39, 0.29) is 0 Å². The average molecular weight is 178 g/mol. The Hall–Kier alpha value is -0.300. The molecule has 0 spiro atoms. The molecule has 5 unspecified atom stereocenters. The van der Waals surface area contributed by atoms with Gasteiger partial charge in [0.25, 0.3) is 0 Å². The topological polar surface area (TPSA) is 20.2 Å². The first-order chi connectivity index (χ1) is 6.40. The number of aliphatic hydroxyl groups is 1. The lowest BCUT2D eigenvalue weighted by Gasteiger charge is -2.30. The van der Waals surface area contributed by atoms with Crippen molar-refractivity contribution in [3.63, 3.8) is 0 Å². The van der Waals surface area contributed by atoms with Crippen LogP contribution in [-0.2, 0) is 0 Å². The van der Waals surface area contributed by atoms with Crippen molar-refractivity contribution >= 4 is 0 Å². The molecule has 1 heteroatoms. The van der Waals surface area contributed by atoms with Crippen molar-refractivity contribution < 1.29 is 5.11 Å². The molecule has 0 radical (unpaired) electrons. The molecule has 3 aliphatic rings. The molecular formula is C12H18O. The highest BCUT2D eigenvalue weighted by molar-refractivity contribution is 5.13. The third-order valence-corrected chi connectivity index (χ3v) is 4.65. The van der Waals surface area contributed by atoms with E-state index in [0.29, 0.717) is 6.61 Å². The van der Waals surface area contributed by atoms with Gasteiger partial charge in [0.1, 0.15) is 0 Å². The number of hydrogen-bond donors (Lipinski definition) is 1. The first kappa shape index (κ1) is 8.05. The summed E-state index contributed by atoms with van der Waals surface area (Å²) in [6.07, 6.45) is 10.1. The quantitative estimate of drug-likeness (QED) is 0.643. The molecule has 3 rings (SSSR count). The van der Waals surface area contributed by atoms with Crippen LogP contribution in [-0.4, -0.2) is 11.7 Å². The summed E-state index contributed by atoms with van der Waals surface area (Å²) in [6, 6.07) is 0. The molecule has 72 valence electrons. The van der Waals surface area contributed by atoms with Crippen molar-refractivity contribution in [1.82, 2.24) is 0 Å². The van der Waals surface area contributed by atoms with E-state index in [9.17, 15) is 0 Å². The predicted octanol–water partition coefficient (Wildman–Crippen LogP) is 2.22. The second-order valence-electron chi connectivity index (χ2n) is 5.07. The van der Waals surface area contributed by atoms with Crippen LogP contribution in [0, 0.1) is 29.6 Å². The molecule has 1 N–H and O–H groups in total. The van der Waals surface area contributed by atoms with Crippen molar-refractivity contribution in [2.45, 2.75) is 25.7 Å². The van der Waals surface area contributed by atoms with E-state index in [1.54, 1.807) is 0 Å². The molecule has 0 aliphatic heterocycles. The van der Waals surface area contributed by atoms with Crippen molar-refractivity contribution in [3.8, 4) is 0 Å². The van der Waals surface area contributed by atoms with Crippen LogP contribution < -0.4 is 0 Å². The zero-order valence-electron chi connectivity index (χ0n) is 8.02. The zero-order valence-corrected chi connectivity index (χ0v) is 8.02. The van der Waals surface area contributed by atoms with Gasteiger partial charge in [0.2, 0.25) is 0 Å². The Bertz CT molecular complexity index is 233. The highest BCUT2D eigenvalue weighted by Gasteiger charge is 2.51. The predicted molar refractivity (Wildman–Crippen MR) is 52.1 cm³/mol. The number of rotatable bonds is 2. The second-order valence-corrected chi connectivity index (χ2v) is 5.07. The molecule has 0 saturated heterocycles. The maximum absolute atomic E-state index is 8.98. The maximum atomic E-state index is 8.98. The standard InChI is InChI=1S/C12H18O/c13-5-4-8-6-9-7-12(8)11-3-1-2-10(9)11/h1,3,8-13H,2,4-7H2. The van der Waals surface area contributed by atoms with Gasteiger partial charge in [-0.25, -0.2) is 0 Å². The van der Waals surface area contributed by atoms with Crippen LogP contribution in [0.15, 0.2) is 12.2 Å². The highest BCUT2D eigenvalue weighted by Crippen LogP contribution is 2.59. The summed E-state index contributed by atoms with van der Waals surface area (Å²) in [5.41, 5.74) is 0. The fourth-order valence-electron chi connectivity index (χ4n) is 4.18. The maximum Gasteiger partial charge on any atom is 0.0433 e. The molecule has 0 amide bonds. The Morgan fingerprint density at radius 3 is 3.00 bits per heavy atom. The Kier molecular flexibility index (Phi) is 1.76. The first-order valence-electron chi connectivity index (χ1n) is 5.67. The third-order valence-electron chi connectivity index (χ3n) is 4.65. The molecule has 2 bridgehead atoms. The van der Waals surface area contributed by atoms with E-state index >= 15 is 0 Å². The summed E-state index contributed by atoms with van der Waals surface area (Å²) < 4.78 is 0. The number of fused-ring (bicyclic) bond motifs is 5. The largest absolute Gasteiger partial charge is 0.396 e. The lowest BCUT2D eigenvalue weighted by atomic mass is 9.74. The molecule has 0 heterocycles. The third kappa shape index (κ3) is 1.03. The van der Waals surface area contributed by atoms with Crippen molar-refractivity contribution in [2.75, 3.05) is 6.61 Å². The fourth-order valence-corrected chi connectivity index (χ4v) is 4.18. The molecule has 5 atom stereocenters. The fraction of sp³-hybridized carbons (Fsp3) is 0.833. The SMILES string of the molecule is OCCC1CC2CC1C1C=CCC21. The van der Waals surface area contributed by atoms with Crippen LogP contribution in [0.2, 0.25) is 0 Å². The van der Waals surface area contributed by atoms with E-state index in [4.69, 9.17) is 5.11 Å². The zero-order chi connectivity index (χ0) is 8.84. The van der Waals surface area contributed by atoms with Gasteiger partial charge in [0.15, 0.2) is 0 Å². The minimum atomic E-state index is 0.398. The molecule has 0 aromatic carbocycles. The van der Waals surface area contributed by atoms with Crippen LogP contribution in [0.1, 0.15) is 25.7 Å². The van der Waals surface area contributed by atoms with Crippen LogP contribution in [0.4, 0.5) is 0 Å². The molecular weight excluding hydrogens is 160 g/mol. The minimum absolute atomic E-state index is 0.398. The van der Waals surface area contributed by atoms with Gasteiger partial charge in [0, 0.05) is 6.61 Å². The number of aliphatic hydroxyl groups excluding tert-OH is 1. The minimum Gasteiger partial charge on any atom is -0.396 e. The summed E-state index contributed by atoms with van der Waals surface area (Å²) in [6.45, 7) is 0.398. The number of hydrogen-bond acceptors (Lipinski definition) is 1. The monoisotopic (exact) mass is 178 g/mol. The summed E-state index contributed by atoms with van der Waals surface area (Å²) >= 11 is 0. The molecule has 0 aromatic rings. The van der Waals surface area contributed by atoms with E-state index in [0.717, 1.165) is 36.0 Å². The summed E-state index contributed by atoms with van der Waals surface area (Å²) in [5.74, 6) is 4.68. The summed E-state index contributed by atoms with van der Waals surface area (Å²) in [4.78, 5) is 0. The smallest absolute Gasteiger partial charge is 0.0433 e. The van der Waals surface area contributed by atoms with Gasteiger partial charge in [-0.2, -0.15) is 0 Å². The van der Waals surface area contributed by atoms with Gasteiger partial charge in [-0.05, 0) is 55.3 Å². The normalized spacial score (nSPS) is 51.6. The molecule has 2 fully saturated rings. The summed E-state index contributed by atoms with van der Waals surface area (Å²) in [7, 11) is 0. The molecule has 3 aliphatic carbocycles. The highest BCUT2D eigenvalue weighted by atomic mass is 16.3. The molecule has 1 nitrogen and oxygen atoms in total. The van der Waals surface area contributed by atoms with Gasteiger partial charge < -0.3 is 5.11 Å². The van der Waals surface area contributed by atoms with Crippen LogP contribution in [0.3, 0.4) is 0 Å². The lowest BCUT2D eigenvalue weighted by molar-refractivity contribution is 0.168. The summed E-state index contributed by atoms with van der Waals surface area (Å²) in [5, 5.41) is 8.98.